The number of carbonyl (C=O) groups is 2. The number of halogens is 1. The fraction of sp³-hybridized carbons (Fsp3) is 0. The van der Waals surface area contributed by atoms with Crippen LogP contribution >= 0.6 is 0 Å². The van der Waals surface area contributed by atoms with Gasteiger partial charge in [-0.3, -0.25) is 9.59 Å². The van der Waals surface area contributed by atoms with E-state index in [2.05, 4.69) is 24.6 Å². The average molecular weight is 185 g/mol. The summed E-state index contributed by atoms with van der Waals surface area (Å²) < 4.78 is 0. The third-order valence-corrected chi connectivity index (χ3v) is 0.402. The molecule has 0 saturated carbocycles. The molecule has 0 unspecified atom stereocenters. The van der Waals surface area contributed by atoms with Gasteiger partial charge in [0.1, 0.15) is 0 Å². The SMILES string of the molecule is C=CC(N)=O.C=CC(N)=O.[Cl-].[Li+]. The predicted molar refractivity (Wildman–Crippen MR) is 38.8 cm³/mol. The molecule has 2 amide bonds. The molecule has 0 fully saturated rings. The molecule has 0 aliphatic rings. The second kappa shape index (κ2) is 16.7. The minimum atomic E-state index is -0.481. The molecule has 0 heterocycles. The van der Waals surface area contributed by atoms with Crippen molar-refractivity contribution in [3.05, 3.63) is 25.3 Å². The molecule has 6 heteroatoms. The molecule has 0 aliphatic heterocycles. The Labute approximate surface area is 89.6 Å². The van der Waals surface area contributed by atoms with Gasteiger partial charge in [-0.05, 0) is 12.2 Å². The Morgan fingerprint density at radius 3 is 1.08 bits per heavy atom. The van der Waals surface area contributed by atoms with E-state index >= 15 is 0 Å². The molecular weight excluding hydrogens is 174 g/mol. The fourth-order valence-electron chi connectivity index (χ4n) is 0. The molecular formula is C6H10ClLiN2O2. The van der Waals surface area contributed by atoms with Crippen LogP contribution < -0.4 is 42.7 Å². The zero-order valence-corrected chi connectivity index (χ0v) is 7.67. The van der Waals surface area contributed by atoms with Crippen molar-refractivity contribution in [2.75, 3.05) is 0 Å². The van der Waals surface area contributed by atoms with Gasteiger partial charge in [0.15, 0.2) is 0 Å². The minimum Gasteiger partial charge on any atom is -1.00 e. The van der Waals surface area contributed by atoms with Crippen molar-refractivity contribution in [3.8, 4) is 0 Å². The molecule has 0 spiro atoms. The Hall–Kier alpha value is -0.693. The Bertz CT molecular complexity index is 144. The van der Waals surface area contributed by atoms with E-state index in [1.807, 2.05) is 0 Å². The van der Waals surface area contributed by atoms with Crippen LogP contribution in [0.3, 0.4) is 0 Å². The van der Waals surface area contributed by atoms with Crippen LogP contribution in [0.25, 0.3) is 0 Å². The molecule has 0 rings (SSSR count). The minimum absolute atomic E-state index is 0. The normalized spacial score (nSPS) is 5.33. The van der Waals surface area contributed by atoms with Crippen molar-refractivity contribution in [3.63, 3.8) is 0 Å². The van der Waals surface area contributed by atoms with Gasteiger partial charge in [0, 0.05) is 0 Å². The smallest absolute Gasteiger partial charge is 1.00 e. The van der Waals surface area contributed by atoms with Gasteiger partial charge in [-0.15, -0.1) is 0 Å². The van der Waals surface area contributed by atoms with Gasteiger partial charge in [0.25, 0.3) is 0 Å². The summed E-state index contributed by atoms with van der Waals surface area (Å²) in [6.07, 6.45) is 2.11. The van der Waals surface area contributed by atoms with Crippen LogP contribution in [0.4, 0.5) is 0 Å². The van der Waals surface area contributed by atoms with Gasteiger partial charge in [0.05, 0.1) is 0 Å². The zero-order chi connectivity index (χ0) is 8.57. The first-order valence-corrected chi connectivity index (χ1v) is 2.38. The van der Waals surface area contributed by atoms with Crippen LogP contribution in [-0.4, -0.2) is 11.8 Å². The average Bonchev–Trinajstić information content (AvgIpc) is 1.89. The number of nitrogens with two attached hydrogens (primary N) is 2. The largest absolute Gasteiger partial charge is 1.00 e. The summed E-state index contributed by atoms with van der Waals surface area (Å²) in [5, 5.41) is 0. The molecule has 0 saturated heterocycles. The van der Waals surface area contributed by atoms with Crippen LogP contribution in [0.15, 0.2) is 25.3 Å². The Morgan fingerprint density at radius 2 is 1.08 bits per heavy atom. The Balaban J connectivity index is -0.0000000457. The molecule has 0 aliphatic carbocycles. The zero-order valence-electron chi connectivity index (χ0n) is 6.92. The molecule has 0 bridgehead atoms. The summed E-state index contributed by atoms with van der Waals surface area (Å²) in [6, 6.07) is 0. The molecule has 0 aromatic rings. The second-order valence-corrected chi connectivity index (χ2v) is 1.21. The topological polar surface area (TPSA) is 86.2 Å². The summed E-state index contributed by atoms with van der Waals surface area (Å²) in [4.78, 5) is 18.9. The van der Waals surface area contributed by atoms with Gasteiger partial charge in [-0.1, -0.05) is 13.2 Å². The summed E-state index contributed by atoms with van der Waals surface area (Å²) in [5.41, 5.74) is 9.07. The van der Waals surface area contributed by atoms with E-state index in [1.165, 1.54) is 0 Å². The third-order valence-electron chi connectivity index (χ3n) is 0.402. The standard InChI is InChI=1S/2C3H5NO.ClH.Li/c2*1-2-3(4)5;;/h2*2H,1H2,(H2,4,5);1H;/q;;;+1/p-1. The maximum Gasteiger partial charge on any atom is 1.00 e. The quantitative estimate of drug-likeness (QED) is 0.330. The van der Waals surface area contributed by atoms with E-state index in [4.69, 9.17) is 0 Å². The van der Waals surface area contributed by atoms with Crippen molar-refractivity contribution in [2.45, 2.75) is 0 Å². The number of hydrogen-bond acceptors (Lipinski definition) is 2. The van der Waals surface area contributed by atoms with Crippen molar-refractivity contribution in [1.82, 2.24) is 0 Å². The molecule has 0 radical (unpaired) electrons. The van der Waals surface area contributed by atoms with Crippen molar-refractivity contribution >= 4 is 11.8 Å². The number of carbonyl (C=O) groups excluding carboxylic acids is 2. The monoisotopic (exact) mass is 184 g/mol. The molecule has 12 heavy (non-hydrogen) atoms. The van der Waals surface area contributed by atoms with Crippen LogP contribution in [-0.2, 0) is 9.59 Å². The first-order valence-electron chi connectivity index (χ1n) is 2.38. The first-order chi connectivity index (χ1) is 4.54. The number of primary amides is 2. The van der Waals surface area contributed by atoms with Crippen LogP contribution in [0.2, 0.25) is 0 Å². The van der Waals surface area contributed by atoms with Crippen molar-refractivity contribution in [2.24, 2.45) is 11.5 Å². The van der Waals surface area contributed by atoms with E-state index in [1.54, 1.807) is 0 Å². The van der Waals surface area contributed by atoms with Gasteiger partial charge < -0.3 is 23.9 Å². The van der Waals surface area contributed by atoms with Gasteiger partial charge in [0.2, 0.25) is 11.8 Å². The fourth-order valence-corrected chi connectivity index (χ4v) is 0. The summed E-state index contributed by atoms with van der Waals surface area (Å²) in [6.45, 7) is 6.17. The number of rotatable bonds is 2. The first kappa shape index (κ1) is 22.5. The molecule has 0 aromatic carbocycles. The molecule has 64 valence electrons. The van der Waals surface area contributed by atoms with E-state index in [0.29, 0.717) is 0 Å². The van der Waals surface area contributed by atoms with Crippen LogP contribution in [0.1, 0.15) is 0 Å². The van der Waals surface area contributed by atoms with Gasteiger partial charge >= 0.3 is 18.9 Å². The summed E-state index contributed by atoms with van der Waals surface area (Å²) in [5.74, 6) is -0.963. The maximum absolute atomic E-state index is 9.47. The molecule has 0 aromatic heterocycles. The summed E-state index contributed by atoms with van der Waals surface area (Å²) >= 11 is 0. The molecule has 4 N–H and O–H groups in total. The predicted octanol–water partition coefficient (Wildman–Crippen LogP) is -6.68. The molecule has 0 atom stereocenters. The second-order valence-electron chi connectivity index (χ2n) is 1.21. The van der Waals surface area contributed by atoms with Gasteiger partial charge in [-0.2, -0.15) is 0 Å². The van der Waals surface area contributed by atoms with E-state index in [-0.39, 0.29) is 31.3 Å². The number of amides is 2. The third kappa shape index (κ3) is 58.7. The van der Waals surface area contributed by atoms with E-state index in [0.717, 1.165) is 12.2 Å². The van der Waals surface area contributed by atoms with Crippen LogP contribution in [0, 0.1) is 0 Å². The maximum atomic E-state index is 9.47. The number of hydrogen-bond donors (Lipinski definition) is 2. The Morgan fingerprint density at radius 1 is 1.00 bits per heavy atom. The van der Waals surface area contributed by atoms with E-state index < -0.39 is 11.8 Å². The summed E-state index contributed by atoms with van der Waals surface area (Å²) in [7, 11) is 0. The van der Waals surface area contributed by atoms with Crippen molar-refractivity contribution in [1.29, 1.82) is 0 Å². The van der Waals surface area contributed by atoms with Gasteiger partial charge in [-0.25, -0.2) is 0 Å². The van der Waals surface area contributed by atoms with E-state index in [9.17, 15) is 9.59 Å². The molecule has 4 nitrogen and oxygen atoms in total. The van der Waals surface area contributed by atoms with Crippen molar-refractivity contribution < 1.29 is 40.9 Å². The van der Waals surface area contributed by atoms with Crippen LogP contribution in [0.5, 0.6) is 0 Å². The Kier molecular flexibility index (Phi) is 31.3.